The van der Waals surface area contributed by atoms with Crippen LogP contribution in [0.3, 0.4) is 0 Å². The van der Waals surface area contributed by atoms with E-state index >= 15 is 0 Å². The van der Waals surface area contributed by atoms with Crippen molar-refractivity contribution >= 4 is 11.9 Å². The van der Waals surface area contributed by atoms with E-state index < -0.39 is 0 Å². The fourth-order valence-electron chi connectivity index (χ4n) is 2.39. The van der Waals surface area contributed by atoms with E-state index in [-0.39, 0.29) is 11.5 Å². The molecule has 0 fully saturated rings. The summed E-state index contributed by atoms with van der Waals surface area (Å²) in [7, 11) is 0. The Morgan fingerprint density at radius 2 is 1.89 bits per heavy atom. The molecule has 0 amide bonds. The maximum atomic E-state index is 12.4. The number of benzene rings is 1. The molecule has 0 spiro atoms. The minimum atomic E-state index is 0.00830. The van der Waals surface area contributed by atoms with Crippen LogP contribution in [0.4, 0.5) is 0 Å². The monoisotopic (exact) mass is 251 g/mol. The standard InChI is InChI=1S/C16H13NO2/c18-15-3-1-2-14-13(15)5-4-12(16(14)19)10-11-6-8-17-9-7-11/h1-3,6-10,18H,4-5H2/b12-10+. The van der Waals surface area contributed by atoms with Gasteiger partial charge in [0, 0.05) is 29.1 Å². The number of phenols is 1. The van der Waals surface area contributed by atoms with Crippen molar-refractivity contribution in [2.24, 2.45) is 0 Å². The molecule has 1 aliphatic rings. The summed E-state index contributed by atoms with van der Waals surface area (Å²) in [5.41, 5.74) is 3.14. The average molecular weight is 251 g/mol. The Bertz CT molecular complexity index is 660. The second-order valence-electron chi connectivity index (χ2n) is 4.58. The van der Waals surface area contributed by atoms with Gasteiger partial charge in [-0.3, -0.25) is 9.78 Å². The predicted molar refractivity (Wildman–Crippen MR) is 73.0 cm³/mol. The third-order valence-electron chi connectivity index (χ3n) is 3.38. The van der Waals surface area contributed by atoms with E-state index in [2.05, 4.69) is 4.98 Å². The first-order valence-corrected chi connectivity index (χ1v) is 6.22. The van der Waals surface area contributed by atoms with Gasteiger partial charge in [-0.25, -0.2) is 0 Å². The molecule has 0 atom stereocenters. The van der Waals surface area contributed by atoms with Crippen molar-refractivity contribution in [1.82, 2.24) is 4.98 Å². The zero-order chi connectivity index (χ0) is 13.2. The van der Waals surface area contributed by atoms with Crippen LogP contribution in [-0.2, 0) is 6.42 Å². The number of aromatic nitrogens is 1. The number of hydrogen-bond donors (Lipinski definition) is 1. The second kappa shape index (κ2) is 4.69. The topological polar surface area (TPSA) is 50.2 Å². The van der Waals surface area contributed by atoms with Crippen molar-refractivity contribution in [3.05, 3.63) is 65.0 Å². The molecule has 0 radical (unpaired) electrons. The van der Waals surface area contributed by atoms with Gasteiger partial charge in [-0.2, -0.15) is 0 Å². The van der Waals surface area contributed by atoms with Crippen molar-refractivity contribution in [2.45, 2.75) is 12.8 Å². The first kappa shape index (κ1) is 11.7. The summed E-state index contributed by atoms with van der Waals surface area (Å²) >= 11 is 0. The molecule has 3 nitrogen and oxygen atoms in total. The molecule has 0 aliphatic heterocycles. The van der Waals surface area contributed by atoms with Crippen LogP contribution in [0.15, 0.2) is 48.3 Å². The molecule has 0 saturated heterocycles. The van der Waals surface area contributed by atoms with Crippen molar-refractivity contribution in [1.29, 1.82) is 0 Å². The normalized spacial score (nSPS) is 16.4. The smallest absolute Gasteiger partial charge is 0.189 e. The van der Waals surface area contributed by atoms with E-state index in [4.69, 9.17) is 0 Å². The SMILES string of the molecule is O=C1/C(=C/c2ccncc2)CCc2c(O)cccc21. The number of carbonyl (C=O) groups excluding carboxylic acids is 1. The molecule has 1 aromatic heterocycles. The van der Waals surface area contributed by atoms with Gasteiger partial charge in [-0.1, -0.05) is 12.1 Å². The zero-order valence-corrected chi connectivity index (χ0v) is 10.3. The van der Waals surface area contributed by atoms with E-state index in [9.17, 15) is 9.90 Å². The van der Waals surface area contributed by atoms with Crippen molar-refractivity contribution in [3.63, 3.8) is 0 Å². The summed E-state index contributed by atoms with van der Waals surface area (Å²) in [5, 5.41) is 9.77. The van der Waals surface area contributed by atoms with Gasteiger partial charge in [0.15, 0.2) is 5.78 Å². The minimum Gasteiger partial charge on any atom is -0.508 e. The number of aromatic hydroxyl groups is 1. The molecule has 3 heteroatoms. The number of carbonyl (C=O) groups is 1. The summed E-state index contributed by atoms with van der Waals surface area (Å²) in [6.07, 6.45) is 6.67. The van der Waals surface area contributed by atoms with Crippen LogP contribution < -0.4 is 0 Å². The van der Waals surface area contributed by atoms with Gasteiger partial charge < -0.3 is 5.11 Å². The molecule has 1 heterocycles. The fourth-order valence-corrected chi connectivity index (χ4v) is 2.39. The Balaban J connectivity index is 2.01. The fraction of sp³-hybridized carbons (Fsp3) is 0.125. The number of fused-ring (bicyclic) bond motifs is 1. The van der Waals surface area contributed by atoms with E-state index in [0.29, 0.717) is 18.4 Å². The highest BCUT2D eigenvalue weighted by atomic mass is 16.3. The molecule has 1 N–H and O–H groups in total. The summed E-state index contributed by atoms with van der Waals surface area (Å²) in [6, 6.07) is 8.86. The van der Waals surface area contributed by atoms with Crippen molar-refractivity contribution < 1.29 is 9.90 Å². The van der Waals surface area contributed by atoms with Gasteiger partial charge in [-0.15, -0.1) is 0 Å². The number of nitrogens with zero attached hydrogens (tertiary/aromatic N) is 1. The molecule has 3 rings (SSSR count). The molecule has 0 bridgehead atoms. The summed E-state index contributed by atoms with van der Waals surface area (Å²) in [6.45, 7) is 0. The van der Waals surface area contributed by atoms with E-state index in [1.807, 2.05) is 18.2 Å². The van der Waals surface area contributed by atoms with Crippen LogP contribution >= 0.6 is 0 Å². The van der Waals surface area contributed by atoms with Gasteiger partial charge in [0.2, 0.25) is 0 Å². The highest BCUT2D eigenvalue weighted by Crippen LogP contribution is 2.31. The summed E-state index contributed by atoms with van der Waals surface area (Å²) in [5.74, 6) is 0.225. The van der Waals surface area contributed by atoms with E-state index in [0.717, 1.165) is 16.7 Å². The molecule has 19 heavy (non-hydrogen) atoms. The van der Waals surface area contributed by atoms with Crippen LogP contribution in [0.25, 0.3) is 6.08 Å². The zero-order valence-electron chi connectivity index (χ0n) is 10.3. The van der Waals surface area contributed by atoms with Crippen LogP contribution in [-0.4, -0.2) is 15.9 Å². The molecule has 94 valence electrons. The Kier molecular flexibility index (Phi) is 2.88. The highest BCUT2D eigenvalue weighted by Gasteiger charge is 2.23. The largest absolute Gasteiger partial charge is 0.508 e. The maximum Gasteiger partial charge on any atom is 0.189 e. The number of ketones is 1. The van der Waals surface area contributed by atoms with E-state index in [1.165, 1.54) is 0 Å². The van der Waals surface area contributed by atoms with Gasteiger partial charge in [0.25, 0.3) is 0 Å². The van der Waals surface area contributed by atoms with E-state index in [1.54, 1.807) is 30.6 Å². The van der Waals surface area contributed by atoms with Crippen molar-refractivity contribution in [2.75, 3.05) is 0 Å². The predicted octanol–water partition coefficient (Wildman–Crippen LogP) is 3.00. The molecule has 1 aromatic carbocycles. The first-order chi connectivity index (χ1) is 9.25. The molecule has 0 unspecified atom stereocenters. The Morgan fingerprint density at radius 1 is 1.11 bits per heavy atom. The molecule has 2 aromatic rings. The second-order valence-corrected chi connectivity index (χ2v) is 4.58. The number of pyridine rings is 1. The number of hydrogen-bond acceptors (Lipinski definition) is 3. The lowest BCUT2D eigenvalue weighted by molar-refractivity contribution is 0.102. The molecule has 0 saturated carbocycles. The lowest BCUT2D eigenvalue weighted by Gasteiger charge is -2.18. The number of allylic oxidation sites excluding steroid dienone is 1. The third-order valence-corrected chi connectivity index (χ3v) is 3.38. The number of rotatable bonds is 1. The molecular weight excluding hydrogens is 238 g/mol. The van der Waals surface area contributed by atoms with Gasteiger partial charge in [0.1, 0.15) is 5.75 Å². The Hall–Kier alpha value is -2.42. The maximum absolute atomic E-state index is 12.4. The quantitative estimate of drug-likeness (QED) is 0.793. The number of Topliss-reactive ketones (excluding diaryl/α,β-unsaturated/α-hetero) is 1. The van der Waals surface area contributed by atoms with Gasteiger partial charge >= 0.3 is 0 Å². The minimum absolute atomic E-state index is 0.00830. The van der Waals surface area contributed by atoms with Crippen LogP contribution in [0.1, 0.15) is 27.9 Å². The third kappa shape index (κ3) is 2.15. The summed E-state index contributed by atoms with van der Waals surface area (Å²) in [4.78, 5) is 16.3. The van der Waals surface area contributed by atoms with Gasteiger partial charge in [-0.05, 0) is 42.7 Å². The highest BCUT2D eigenvalue weighted by molar-refractivity contribution is 6.13. The molecular formula is C16H13NO2. The molecule has 1 aliphatic carbocycles. The van der Waals surface area contributed by atoms with Crippen LogP contribution in [0.2, 0.25) is 0 Å². The van der Waals surface area contributed by atoms with Gasteiger partial charge in [0.05, 0.1) is 0 Å². The number of phenolic OH excluding ortho intramolecular Hbond substituents is 1. The van der Waals surface area contributed by atoms with Crippen LogP contribution in [0.5, 0.6) is 5.75 Å². The van der Waals surface area contributed by atoms with Crippen LogP contribution in [0, 0.1) is 0 Å². The Morgan fingerprint density at radius 3 is 2.68 bits per heavy atom. The average Bonchev–Trinajstić information content (AvgIpc) is 2.44. The Labute approximate surface area is 111 Å². The van der Waals surface area contributed by atoms with Crippen molar-refractivity contribution in [3.8, 4) is 5.75 Å². The first-order valence-electron chi connectivity index (χ1n) is 6.22. The summed E-state index contributed by atoms with van der Waals surface area (Å²) < 4.78 is 0. The lowest BCUT2D eigenvalue weighted by atomic mass is 9.85. The lowest BCUT2D eigenvalue weighted by Crippen LogP contribution is -2.14.